The molecule has 2 N–H and O–H groups in total. The Hall–Kier alpha value is -1.77. The van der Waals surface area contributed by atoms with Crippen molar-refractivity contribution in [1.29, 1.82) is 5.26 Å². The molecule has 0 spiro atoms. The minimum absolute atomic E-state index is 0.134. The van der Waals surface area contributed by atoms with Gasteiger partial charge in [0, 0.05) is 25.3 Å². The molecule has 5 heteroatoms. The van der Waals surface area contributed by atoms with Crippen LogP contribution in [0.4, 0.5) is 0 Å². The van der Waals surface area contributed by atoms with Crippen LogP contribution in [0.5, 0.6) is 11.5 Å². The van der Waals surface area contributed by atoms with Crippen molar-refractivity contribution < 1.29 is 14.6 Å². The van der Waals surface area contributed by atoms with Gasteiger partial charge in [0.15, 0.2) is 5.54 Å². The monoisotopic (exact) mass is 234 g/mol. The molecule has 0 saturated carbocycles. The molecule has 1 unspecified atom stereocenters. The number of benzene rings is 1. The molecule has 1 aromatic carbocycles. The van der Waals surface area contributed by atoms with Crippen LogP contribution in [0.15, 0.2) is 18.2 Å². The van der Waals surface area contributed by atoms with Crippen molar-refractivity contribution in [3.63, 3.8) is 0 Å². The first kappa shape index (κ1) is 11.7. The molecule has 1 atom stereocenters. The molecule has 0 radical (unpaired) electrons. The van der Waals surface area contributed by atoms with Crippen molar-refractivity contribution in [2.75, 3.05) is 26.9 Å². The van der Waals surface area contributed by atoms with Crippen LogP contribution in [0.25, 0.3) is 0 Å². The van der Waals surface area contributed by atoms with E-state index in [-0.39, 0.29) is 12.4 Å². The summed E-state index contributed by atoms with van der Waals surface area (Å²) in [6, 6.07) is 7.02. The fourth-order valence-corrected chi connectivity index (χ4v) is 1.89. The Balaban J connectivity index is 2.25. The molecule has 0 aliphatic carbocycles. The van der Waals surface area contributed by atoms with E-state index in [4.69, 9.17) is 9.47 Å². The molecule has 90 valence electrons. The Morgan fingerprint density at radius 3 is 3.18 bits per heavy atom. The summed E-state index contributed by atoms with van der Waals surface area (Å²) >= 11 is 0. The van der Waals surface area contributed by atoms with E-state index in [1.165, 1.54) is 6.07 Å². The number of ether oxygens (including phenoxy) is 2. The van der Waals surface area contributed by atoms with E-state index in [2.05, 4.69) is 11.4 Å². The Kier molecular flexibility index (Phi) is 3.18. The number of nitrogens with zero attached hydrogens (tertiary/aromatic N) is 1. The van der Waals surface area contributed by atoms with Gasteiger partial charge in [-0.25, -0.2) is 0 Å². The zero-order chi connectivity index (χ0) is 12.3. The van der Waals surface area contributed by atoms with Gasteiger partial charge in [-0.05, 0) is 12.1 Å². The van der Waals surface area contributed by atoms with Crippen LogP contribution in [-0.2, 0) is 10.3 Å². The fraction of sp³-hybridized carbons (Fsp3) is 0.417. The van der Waals surface area contributed by atoms with E-state index in [1.807, 2.05) is 0 Å². The maximum atomic E-state index is 9.35. The van der Waals surface area contributed by atoms with Crippen LogP contribution in [0.1, 0.15) is 5.56 Å². The highest BCUT2D eigenvalue weighted by Gasteiger charge is 2.40. The molecule has 1 aliphatic rings. The number of phenols is 1. The fourth-order valence-electron chi connectivity index (χ4n) is 1.89. The van der Waals surface area contributed by atoms with Gasteiger partial charge in [-0.15, -0.1) is 0 Å². The van der Waals surface area contributed by atoms with E-state index in [1.54, 1.807) is 19.2 Å². The van der Waals surface area contributed by atoms with Crippen LogP contribution in [0.2, 0.25) is 0 Å². The van der Waals surface area contributed by atoms with Crippen LogP contribution < -0.4 is 10.1 Å². The summed E-state index contributed by atoms with van der Waals surface area (Å²) in [5, 5.41) is 21.8. The summed E-state index contributed by atoms with van der Waals surface area (Å²) in [7, 11) is 1.61. The summed E-state index contributed by atoms with van der Waals surface area (Å²) in [6.07, 6.45) is 0. The summed E-state index contributed by atoms with van der Waals surface area (Å²) in [5.74, 6) is 0.686. The minimum Gasteiger partial charge on any atom is -0.508 e. The molecule has 0 aromatic heterocycles. The molecule has 2 rings (SSSR count). The number of aromatic hydroxyl groups is 1. The summed E-state index contributed by atoms with van der Waals surface area (Å²) in [6.45, 7) is 1.33. The molecule has 0 amide bonds. The molecule has 1 aromatic rings. The van der Waals surface area contributed by atoms with Crippen molar-refractivity contribution in [3.05, 3.63) is 23.8 Å². The maximum absolute atomic E-state index is 9.35. The number of nitrogens with one attached hydrogen (secondary N) is 1. The standard InChI is InChI=1S/C12H14N2O3/c1-16-5-4-14-12(7-13)8-17-11-6-9(15)2-3-10(11)12/h2-3,6,14-15H,4-5,8H2,1H3. The molecular formula is C12H14N2O3. The summed E-state index contributed by atoms with van der Waals surface area (Å²) < 4.78 is 10.4. The average molecular weight is 234 g/mol. The Morgan fingerprint density at radius 2 is 2.47 bits per heavy atom. The Bertz CT molecular complexity index is 456. The largest absolute Gasteiger partial charge is 0.508 e. The minimum atomic E-state index is -0.846. The highest BCUT2D eigenvalue weighted by molar-refractivity contribution is 5.50. The highest BCUT2D eigenvalue weighted by Crippen LogP contribution is 2.38. The number of rotatable bonds is 4. The Labute approximate surface area is 99.6 Å². The van der Waals surface area contributed by atoms with Gasteiger partial charge in [0.05, 0.1) is 12.7 Å². The lowest BCUT2D eigenvalue weighted by atomic mass is 9.93. The second kappa shape index (κ2) is 4.62. The lowest BCUT2D eigenvalue weighted by Crippen LogP contribution is -2.44. The molecule has 1 heterocycles. The number of hydrogen-bond donors (Lipinski definition) is 2. The summed E-state index contributed by atoms with van der Waals surface area (Å²) in [5.41, 5.74) is -0.0874. The van der Waals surface area contributed by atoms with Crippen LogP contribution in [-0.4, -0.2) is 32.0 Å². The molecule has 0 fully saturated rings. The molecule has 17 heavy (non-hydrogen) atoms. The summed E-state index contributed by atoms with van der Waals surface area (Å²) in [4.78, 5) is 0. The molecule has 5 nitrogen and oxygen atoms in total. The van der Waals surface area contributed by atoms with Gasteiger partial charge in [0.25, 0.3) is 0 Å². The second-order valence-corrected chi connectivity index (χ2v) is 3.91. The number of phenolic OH excluding ortho intramolecular Hbond substituents is 1. The van der Waals surface area contributed by atoms with Gasteiger partial charge in [0.2, 0.25) is 0 Å². The number of nitriles is 1. The topological polar surface area (TPSA) is 74.5 Å². The van der Waals surface area contributed by atoms with Gasteiger partial charge in [-0.3, -0.25) is 5.32 Å². The zero-order valence-corrected chi connectivity index (χ0v) is 9.56. The van der Waals surface area contributed by atoms with Crippen LogP contribution >= 0.6 is 0 Å². The SMILES string of the molecule is COCCNC1(C#N)COc2cc(O)ccc21. The van der Waals surface area contributed by atoms with Crippen molar-refractivity contribution in [2.24, 2.45) is 0 Å². The predicted molar refractivity (Wildman–Crippen MR) is 60.8 cm³/mol. The number of hydrogen-bond acceptors (Lipinski definition) is 5. The molecule has 0 saturated heterocycles. The highest BCUT2D eigenvalue weighted by atomic mass is 16.5. The van der Waals surface area contributed by atoms with Gasteiger partial charge in [0.1, 0.15) is 18.1 Å². The van der Waals surface area contributed by atoms with Crippen molar-refractivity contribution in [2.45, 2.75) is 5.54 Å². The average Bonchev–Trinajstić information content (AvgIpc) is 2.68. The van der Waals surface area contributed by atoms with Gasteiger partial charge in [-0.2, -0.15) is 5.26 Å². The quantitative estimate of drug-likeness (QED) is 0.751. The van der Waals surface area contributed by atoms with Crippen LogP contribution in [0, 0.1) is 11.3 Å². The van der Waals surface area contributed by atoms with E-state index < -0.39 is 5.54 Å². The third kappa shape index (κ3) is 2.05. The van der Waals surface area contributed by atoms with Gasteiger partial charge < -0.3 is 14.6 Å². The molecular weight excluding hydrogens is 220 g/mol. The molecule has 0 bridgehead atoms. The first-order valence-electron chi connectivity index (χ1n) is 5.33. The van der Waals surface area contributed by atoms with E-state index in [9.17, 15) is 10.4 Å². The van der Waals surface area contributed by atoms with E-state index >= 15 is 0 Å². The third-order valence-corrected chi connectivity index (χ3v) is 2.79. The van der Waals surface area contributed by atoms with Crippen molar-refractivity contribution in [1.82, 2.24) is 5.32 Å². The second-order valence-electron chi connectivity index (χ2n) is 3.91. The first-order valence-corrected chi connectivity index (χ1v) is 5.33. The Morgan fingerprint density at radius 1 is 1.65 bits per heavy atom. The third-order valence-electron chi connectivity index (χ3n) is 2.79. The smallest absolute Gasteiger partial charge is 0.170 e. The first-order chi connectivity index (χ1) is 8.22. The van der Waals surface area contributed by atoms with E-state index in [0.717, 1.165) is 5.56 Å². The zero-order valence-electron chi connectivity index (χ0n) is 9.56. The van der Waals surface area contributed by atoms with Crippen molar-refractivity contribution in [3.8, 4) is 17.6 Å². The van der Waals surface area contributed by atoms with Gasteiger partial charge >= 0.3 is 0 Å². The number of methoxy groups -OCH3 is 1. The lowest BCUT2D eigenvalue weighted by molar-refractivity contribution is 0.184. The lowest BCUT2D eigenvalue weighted by Gasteiger charge is -2.21. The van der Waals surface area contributed by atoms with Crippen molar-refractivity contribution >= 4 is 0 Å². The van der Waals surface area contributed by atoms with Crippen LogP contribution in [0.3, 0.4) is 0 Å². The van der Waals surface area contributed by atoms with Gasteiger partial charge in [-0.1, -0.05) is 0 Å². The maximum Gasteiger partial charge on any atom is 0.170 e. The van der Waals surface area contributed by atoms with E-state index in [0.29, 0.717) is 18.9 Å². The predicted octanol–water partition coefficient (Wildman–Crippen LogP) is 0.739. The normalized spacial score (nSPS) is 21.6. The molecule has 1 aliphatic heterocycles. The number of fused-ring (bicyclic) bond motifs is 1.